The van der Waals surface area contributed by atoms with Crippen LogP contribution in [0.25, 0.3) is 0 Å². The molecule has 0 saturated carbocycles. The lowest BCUT2D eigenvalue weighted by Crippen LogP contribution is -2.59. The van der Waals surface area contributed by atoms with Gasteiger partial charge in [0.25, 0.3) is 0 Å². The molecule has 12 heteroatoms. The molecule has 0 bridgehead atoms. The first-order chi connectivity index (χ1) is 19.7. The summed E-state index contributed by atoms with van der Waals surface area (Å²) in [7, 11) is 0. The zero-order valence-corrected chi connectivity index (χ0v) is 23.8. The molecule has 1 aliphatic carbocycles. The predicted molar refractivity (Wildman–Crippen MR) is 150 cm³/mol. The highest BCUT2D eigenvalue weighted by molar-refractivity contribution is 5.91. The van der Waals surface area contributed by atoms with Crippen molar-refractivity contribution in [2.24, 2.45) is 11.5 Å². The normalized spacial score (nSPS) is 18.5. The van der Waals surface area contributed by atoms with Gasteiger partial charge in [-0.25, -0.2) is 0 Å². The molecule has 9 nitrogen and oxygen atoms in total. The minimum atomic E-state index is -4.86. The number of hydrogen-bond donors (Lipinski definition) is 4. The Morgan fingerprint density at radius 2 is 1.64 bits per heavy atom. The molecule has 42 heavy (non-hydrogen) atoms. The molecule has 1 aliphatic heterocycles. The van der Waals surface area contributed by atoms with Crippen molar-refractivity contribution in [3.05, 3.63) is 71.3 Å². The number of aliphatic hydroxyl groups excluding tert-OH is 1. The van der Waals surface area contributed by atoms with Crippen molar-refractivity contribution in [1.82, 2.24) is 10.2 Å². The number of carbonyl (C=O) groups is 3. The number of rotatable bonds is 8. The van der Waals surface area contributed by atoms with Gasteiger partial charge in [-0.05, 0) is 55.2 Å². The second kappa shape index (κ2) is 13.7. The first-order valence-electron chi connectivity index (χ1n) is 13.7. The molecule has 6 N–H and O–H groups in total. The van der Waals surface area contributed by atoms with Gasteiger partial charge in [-0.15, -0.1) is 0 Å². The van der Waals surface area contributed by atoms with Crippen LogP contribution in [0.4, 0.5) is 13.2 Å². The summed E-state index contributed by atoms with van der Waals surface area (Å²) in [5, 5.41) is 12.7. The van der Waals surface area contributed by atoms with Gasteiger partial charge in [0.05, 0.1) is 18.8 Å². The number of nitrogens with one attached hydrogen (secondary N) is 1. The zero-order chi connectivity index (χ0) is 31.1. The number of primary amides is 1. The van der Waals surface area contributed by atoms with Gasteiger partial charge in [0.2, 0.25) is 11.8 Å². The molecule has 1 spiro atoms. The summed E-state index contributed by atoms with van der Waals surface area (Å²) in [6.07, 6.45) is -2.28. The van der Waals surface area contributed by atoms with Crippen LogP contribution in [0.15, 0.2) is 54.6 Å². The van der Waals surface area contributed by atoms with Gasteiger partial charge in [-0.2, -0.15) is 13.2 Å². The zero-order valence-electron chi connectivity index (χ0n) is 23.8. The highest BCUT2D eigenvalue weighted by Gasteiger charge is 2.46. The Morgan fingerprint density at radius 1 is 1.07 bits per heavy atom. The number of halogens is 3. The fourth-order valence-electron chi connectivity index (χ4n) is 5.43. The Kier molecular flexibility index (Phi) is 10.7. The lowest BCUT2D eigenvalue weighted by atomic mass is 9.73. The van der Waals surface area contributed by atoms with Crippen LogP contribution in [0, 0.1) is 0 Å². The summed E-state index contributed by atoms with van der Waals surface area (Å²) in [6.45, 7) is 5.01. The third kappa shape index (κ3) is 8.30. The molecule has 1 unspecified atom stereocenters. The molecule has 1 heterocycles. The van der Waals surface area contributed by atoms with Gasteiger partial charge >= 0.3 is 12.1 Å². The first kappa shape index (κ1) is 33.0. The Balaban J connectivity index is 0.000000616. The van der Waals surface area contributed by atoms with E-state index in [9.17, 15) is 27.9 Å². The van der Waals surface area contributed by atoms with Crippen LogP contribution < -0.4 is 16.8 Å². The van der Waals surface area contributed by atoms with E-state index in [-0.39, 0.29) is 36.4 Å². The van der Waals surface area contributed by atoms with E-state index in [1.54, 1.807) is 13.8 Å². The minimum Gasteiger partial charge on any atom is -0.396 e. The first-order valence-corrected chi connectivity index (χ1v) is 13.7. The average Bonchev–Trinajstić information content (AvgIpc) is 3.25. The van der Waals surface area contributed by atoms with Crippen LogP contribution in [0.5, 0.6) is 0 Å². The van der Waals surface area contributed by atoms with Crippen molar-refractivity contribution in [3.8, 4) is 0 Å². The molecule has 1 saturated heterocycles. The molecule has 2 aromatic rings. The number of ether oxygens (including phenoxy) is 1. The number of carbonyl (C=O) groups excluding carboxylic acids is 3. The average molecular weight is 593 g/mol. The largest absolute Gasteiger partial charge is 0.470 e. The van der Waals surface area contributed by atoms with E-state index in [0.29, 0.717) is 19.7 Å². The maximum atomic E-state index is 13.5. The van der Waals surface area contributed by atoms with Crippen molar-refractivity contribution in [2.45, 2.75) is 68.8 Å². The molecule has 4 rings (SSSR count). The molecular weight excluding hydrogens is 553 g/mol. The van der Waals surface area contributed by atoms with Gasteiger partial charge in [0.1, 0.15) is 6.04 Å². The topological polar surface area (TPSA) is 148 Å². The maximum absolute atomic E-state index is 13.5. The van der Waals surface area contributed by atoms with Gasteiger partial charge in [-0.1, -0.05) is 54.6 Å². The fourth-order valence-corrected chi connectivity index (χ4v) is 5.43. The molecule has 2 atom stereocenters. The second-order valence-corrected chi connectivity index (χ2v) is 11.4. The Hall–Kier alpha value is -3.48. The molecule has 0 aromatic heterocycles. The van der Waals surface area contributed by atoms with E-state index < -0.39 is 23.7 Å². The molecule has 2 aromatic carbocycles. The lowest BCUT2D eigenvalue weighted by Gasteiger charge is -2.41. The number of alkyl halides is 3. The van der Waals surface area contributed by atoms with Crippen LogP contribution >= 0.6 is 0 Å². The van der Waals surface area contributed by atoms with Crippen molar-refractivity contribution >= 4 is 17.7 Å². The Morgan fingerprint density at radius 3 is 2.19 bits per heavy atom. The lowest BCUT2D eigenvalue weighted by molar-refractivity contribution is -0.169. The predicted octanol–water partition coefficient (Wildman–Crippen LogP) is 2.50. The van der Waals surface area contributed by atoms with Crippen LogP contribution in [-0.2, 0) is 31.1 Å². The number of piperidine rings is 1. The minimum absolute atomic E-state index is 0.0113. The van der Waals surface area contributed by atoms with Crippen molar-refractivity contribution in [1.29, 1.82) is 0 Å². The number of benzene rings is 2. The summed E-state index contributed by atoms with van der Waals surface area (Å²) in [6, 6.07) is 17.3. The SMILES string of the molecule is CC(C)(N)C(=O)NC(COCc1ccccc1)C(=O)N1CCC2(CC1)C[C@@H](CO)c1ccccc12.NC(=O)C(F)(F)F. The molecular formula is C30H39F3N4O5. The van der Waals surface area contributed by atoms with E-state index in [1.165, 1.54) is 11.1 Å². The standard InChI is InChI=1S/C28H37N3O4.C2H2F3NO/c1-27(2,29)26(34)30-24(19-35-18-20-8-4-3-5-9-20)25(33)31-14-12-28(13-15-31)16-21(17-32)22-10-6-7-11-23(22)28;3-2(4,5)1(6)7/h3-11,21,24,32H,12-19,29H2,1-2H3,(H,30,34);(H2,6,7)/t21-,24?;/m0./s1. The van der Waals surface area contributed by atoms with E-state index in [1.807, 2.05) is 41.3 Å². The van der Waals surface area contributed by atoms with Crippen molar-refractivity contribution in [2.75, 3.05) is 26.3 Å². The maximum Gasteiger partial charge on any atom is 0.470 e. The number of likely N-dealkylation sites (tertiary alicyclic amines) is 1. The summed E-state index contributed by atoms with van der Waals surface area (Å²) in [4.78, 5) is 37.1. The van der Waals surface area contributed by atoms with Crippen molar-refractivity contribution in [3.63, 3.8) is 0 Å². The summed E-state index contributed by atoms with van der Waals surface area (Å²) in [5.41, 5.74) is 12.2. The molecule has 230 valence electrons. The van der Waals surface area contributed by atoms with Gasteiger partial charge in [-0.3, -0.25) is 14.4 Å². The number of nitrogens with two attached hydrogens (primary N) is 2. The molecule has 1 fully saturated rings. The van der Waals surface area contributed by atoms with Crippen LogP contribution in [0.2, 0.25) is 0 Å². The summed E-state index contributed by atoms with van der Waals surface area (Å²) in [5.74, 6) is -2.63. The van der Waals surface area contributed by atoms with Crippen LogP contribution in [-0.4, -0.2) is 71.8 Å². The summed E-state index contributed by atoms with van der Waals surface area (Å²) >= 11 is 0. The van der Waals surface area contributed by atoms with Gasteiger partial charge in [0, 0.05) is 25.6 Å². The number of aliphatic hydroxyl groups is 1. The molecule has 2 aliphatic rings. The number of hydrogen-bond acceptors (Lipinski definition) is 6. The third-order valence-corrected chi connectivity index (χ3v) is 7.73. The Labute approximate surface area is 243 Å². The van der Waals surface area contributed by atoms with E-state index in [0.717, 1.165) is 24.8 Å². The smallest absolute Gasteiger partial charge is 0.396 e. The van der Waals surface area contributed by atoms with Crippen molar-refractivity contribution < 1.29 is 37.4 Å². The quantitative estimate of drug-likeness (QED) is 0.370. The molecule has 0 radical (unpaired) electrons. The number of nitrogens with zero attached hydrogens (tertiary/aromatic N) is 1. The third-order valence-electron chi connectivity index (χ3n) is 7.73. The van der Waals surface area contributed by atoms with Gasteiger partial charge in [0.15, 0.2) is 0 Å². The number of amides is 3. The number of fused-ring (bicyclic) bond motifs is 2. The van der Waals surface area contributed by atoms with E-state index in [4.69, 9.17) is 15.3 Å². The van der Waals surface area contributed by atoms with E-state index >= 15 is 0 Å². The second-order valence-electron chi connectivity index (χ2n) is 11.4. The molecule has 3 amide bonds. The van der Waals surface area contributed by atoms with Gasteiger partial charge < -0.3 is 31.5 Å². The van der Waals surface area contributed by atoms with E-state index in [2.05, 4.69) is 29.2 Å². The fraction of sp³-hybridized carbons (Fsp3) is 0.500. The van der Waals surface area contributed by atoms with Crippen LogP contribution in [0.1, 0.15) is 55.7 Å². The Bertz CT molecular complexity index is 1230. The summed E-state index contributed by atoms with van der Waals surface area (Å²) < 4.78 is 38.0. The van der Waals surface area contributed by atoms with Crippen LogP contribution in [0.3, 0.4) is 0 Å². The highest BCUT2D eigenvalue weighted by atomic mass is 19.4. The monoisotopic (exact) mass is 592 g/mol. The highest BCUT2D eigenvalue weighted by Crippen LogP contribution is 2.51.